The van der Waals surface area contributed by atoms with Gasteiger partial charge in [0.25, 0.3) is 5.91 Å². The van der Waals surface area contributed by atoms with Crippen molar-refractivity contribution in [2.45, 2.75) is 19.8 Å². The van der Waals surface area contributed by atoms with Gasteiger partial charge in [-0.1, -0.05) is 55.3 Å². The fourth-order valence-electron chi connectivity index (χ4n) is 2.60. The zero-order chi connectivity index (χ0) is 19.1. The minimum atomic E-state index is -0.353. The number of pyridine rings is 1. The average Bonchev–Trinajstić information content (AvgIpc) is 2.68. The van der Waals surface area contributed by atoms with Gasteiger partial charge in [-0.3, -0.25) is 4.79 Å². The minimum absolute atomic E-state index is 0.117. The van der Waals surface area contributed by atoms with Crippen LogP contribution >= 0.6 is 11.6 Å². The van der Waals surface area contributed by atoms with Gasteiger partial charge in [0.15, 0.2) is 6.61 Å². The molecule has 2 aromatic carbocycles. The molecule has 1 aromatic heterocycles. The number of fused-ring (bicyclic) bond motifs is 1. The molecule has 0 radical (unpaired) electrons. The van der Waals surface area contributed by atoms with E-state index in [4.69, 9.17) is 16.3 Å². The number of rotatable bonds is 7. The van der Waals surface area contributed by atoms with E-state index in [1.807, 2.05) is 54.6 Å². The summed E-state index contributed by atoms with van der Waals surface area (Å²) < 4.78 is 5.46. The number of aromatic nitrogens is 1. The van der Waals surface area contributed by atoms with Crippen LogP contribution in [0.3, 0.4) is 0 Å². The smallest absolute Gasteiger partial charge is 0.277 e. The average molecular weight is 382 g/mol. The number of nitrogens with zero attached hydrogens (tertiary/aromatic N) is 2. The molecule has 0 bridgehead atoms. The number of ether oxygens (including phenoxy) is 1. The van der Waals surface area contributed by atoms with Gasteiger partial charge >= 0.3 is 0 Å². The van der Waals surface area contributed by atoms with Crippen LogP contribution in [0.15, 0.2) is 59.7 Å². The van der Waals surface area contributed by atoms with E-state index < -0.39 is 0 Å². The second-order valence-corrected chi connectivity index (χ2v) is 6.39. The van der Waals surface area contributed by atoms with E-state index >= 15 is 0 Å². The Hall–Kier alpha value is -2.92. The number of nitrogens with one attached hydrogen (secondary N) is 1. The Kier molecular flexibility index (Phi) is 6.39. The molecule has 5 nitrogen and oxygen atoms in total. The lowest BCUT2D eigenvalue weighted by atomic mass is 10.1. The molecule has 0 spiro atoms. The molecule has 27 heavy (non-hydrogen) atoms. The molecule has 0 atom stereocenters. The van der Waals surface area contributed by atoms with Crippen LogP contribution in [-0.2, 0) is 11.2 Å². The first-order chi connectivity index (χ1) is 13.2. The second kappa shape index (κ2) is 9.14. The quantitative estimate of drug-likeness (QED) is 0.375. The minimum Gasteiger partial charge on any atom is -0.484 e. The maximum absolute atomic E-state index is 11.9. The third kappa shape index (κ3) is 5.28. The lowest BCUT2D eigenvalue weighted by Gasteiger charge is -2.06. The topological polar surface area (TPSA) is 63.6 Å². The van der Waals surface area contributed by atoms with E-state index in [0.29, 0.717) is 16.5 Å². The predicted octanol–water partition coefficient (Wildman–Crippen LogP) is 4.37. The zero-order valence-corrected chi connectivity index (χ0v) is 15.7. The van der Waals surface area contributed by atoms with Crippen LogP contribution in [0.4, 0.5) is 0 Å². The predicted molar refractivity (Wildman–Crippen MR) is 108 cm³/mol. The molecule has 0 fully saturated rings. The molecule has 1 N–H and O–H groups in total. The molecule has 1 amide bonds. The third-order valence-corrected chi connectivity index (χ3v) is 4.23. The largest absolute Gasteiger partial charge is 0.484 e. The van der Waals surface area contributed by atoms with Crippen molar-refractivity contribution in [3.63, 3.8) is 0 Å². The lowest BCUT2D eigenvalue weighted by Crippen LogP contribution is -2.24. The van der Waals surface area contributed by atoms with E-state index in [-0.39, 0.29) is 12.5 Å². The molecule has 0 aliphatic rings. The highest BCUT2D eigenvalue weighted by atomic mass is 35.5. The summed E-state index contributed by atoms with van der Waals surface area (Å²) in [6.07, 6.45) is 3.60. The number of halogens is 1. The van der Waals surface area contributed by atoms with Crippen LogP contribution in [0.1, 0.15) is 24.5 Å². The van der Waals surface area contributed by atoms with Crippen molar-refractivity contribution >= 4 is 34.6 Å². The second-order valence-electron chi connectivity index (χ2n) is 6.04. The first-order valence-electron chi connectivity index (χ1n) is 8.74. The summed E-state index contributed by atoms with van der Waals surface area (Å²) in [4.78, 5) is 16.2. The number of amides is 1. The Labute approximate surface area is 163 Å². The van der Waals surface area contributed by atoms with Crippen molar-refractivity contribution in [2.24, 2.45) is 5.10 Å². The number of carbonyl (C=O) groups excluding carboxylic acids is 1. The van der Waals surface area contributed by atoms with E-state index in [2.05, 4.69) is 22.4 Å². The number of benzene rings is 2. The number of carbonyl (C=O) groups is 1. The molecule has 0 saturated carbocycles. The Morgan fingerprint density at radius 2 is 2.00 bits per heavy atom. The molecule has 0 saturated heterocycles. The van der Waals surface area contributed by atoms with Gasteiger partial charge < -0.3 is 4.74 Å². The standard InChI is InChI=1S/C21H20ClN3O2/c1-2-5-15-8-10-18(11-9-15)27-14-20(26)25-23-13-17-12-16-6-3-4-7-19(16)24-21(17)22/h3-4,6-13H,2,5,14H2,1H3,(H,25,26)/b23-13-. The van der Waals surface area contributed by atoms with Crippen molar-refractivity contribution in [3.8, 4) is 5.75 Å². The normalized spacial score (nSPS) is 11.0. The molecular formula is C21H20ClN3O2. The van der Waals surface area contributed by atoms with Gasteiger partial charge in [-0.05, 0) is 36.2 Å². The molecule has 0 aliphatic heterocycles. The highest BCUT2D eigenvalue weighted by molar-refractivity contribution is 6.32. The van der Waals surface area contributed by atoms with E-state index in [9.17, 15) is 4.79 Å². The van der Waals surface area contributed by atoms with Gasteiger partial charge in [-0.25, -0.2) is 10.4 Å². The van der Waals surface area contributed by atoms with Crippen molar-refractivity contribution < 1.29 is 9.53 Å². The molecule has 3 aromatic rings. The molecule has 6 heteroatoms. The van der Waals surface area contributed by atoms with Crippen LogP contribution in [0.5, 0.6) is 5.75 Å². The van der Waals surface area contributed by atoms with Crippen molar-refractivity contribution in [1.82, 2.24) is 10.4 Å². The van der Waals surface area contributed by atoms with Gasteiger partial charge in [-0.15, -0.1) is 0 Å². The number of hydrazone groups is 1. The fourth-order valence-corrected chi connectivity index (χ4v) is 2.79. The summed E-state index contributed by atoms with van der Waals surface area (Å²) in [5.41, 5.74) is 5.11. The Morgan fingerprint density at radius 3 is 2.78 bits per heavy atom. The Morgan fingerprint density at radius 1 is 1.22 bits per heavy atom. The van der Waals surface area contributed by atoms with Crippen LogP contribution in [0, 0.1) is 0 Å². The number of hydrogen-bond donors (Lipinski definition) is 1. The van der Waals surface area contributed by atoms with E-state index in [1.165, 1.54) is 11.8 Å². The van der Waals surface area contributed by atoms with Gasteiger partial charge in [0.1, 0.15) is 10.9 Å². The Bertz CT molecular complexity index is 955. The van der Waals surface area contributed by atoms with Crippen LogP contribution in [0.25, 0.3) is 10.9 Å². The molecule has 0 aliphatic carbocycles. The number of para-hydroxylation sites is 1. The summed E-state index contributed by atoms with van der Waals surface area (Å²) in [6.45, 7) is 2.02. The van der Waals surface area contributed by atoms with Crippen molar-refractivity contribution in [1.29, 1.82) is 0 Å². The maximum Gasteiger partial charge on any atom is 0.277 e. The summed E-state index contributed by atoms with van der Waals surface area (Å²) >= 11 is 6.16. The zero-order valence-electron chi connectivity index (χ0n) is 15.0. The van der Waals surface area contributed by atoms with Crippen LogP contribution in [-0.4, -0.2) is 23.7 Å². The number of hydrogen-bond acceptors (Lipinski definition) is 4. The summed E-state index contributed by atoms with van der Waals surface area (Å²) in [5, 5.41) is 5.21. The monoisotopic (exact) mass is 381 g/mol. The lowest BCUT2D eigenvalue weighted by molar-refractivity contribution is -0.123. The molecule has 3 rings (SSSR count). The van der Waals surface area contributed by atoms with E-state index in [0.717, 1.165) is 23.7 Å². The molecule has 0 unspecified atom stereocenters. The van der Waals surface area contributed by atoms with Crippen LogP contribution < -0.4 is 10.2 Å². The first-order valence-corrected chi connectivity index (χ1v) is 9.12. The highest BCUT2D eigenvalue weighted by Gasteiger charge is 2.04. The molecule has 138 valence electrons. The van der Waals surface area contributed by atoms with Gasteiger partial charge in [0.2, 0.25) is 0 Å². The van der Waals surface area contributed by atoms with Gasteiger partial charge in [0, 0.05) is 10.9 Å². The highest BCUT2D eigenvalue weighted by Crippen LogP contribution is 2.19. The number of aryl methyl sites for hydroxylation is 1. The van der Waals surface area contributed by atoms with Crippen molar-refractivity contribution in [2.75, 3.05) is 6.61 Å². The summed E-state index contributed by atoms with van der Waals surface area (Å²) in [5.74, 6) is 0.296. The first kappa shape index (κ1) is 18.9. The van der Waals surface area contributed by atoms with Crippen molar-refractivity contribution in [3.05, 3.63) is 70.9 Å². The summed E-state index contributed by atoms with van der Waals surface area (Å²) in [7, 11) is 0. The maximum atomic E-state index is 11.9. The van der Waals surface area contributed by atoms with Crippen LogP contribution in [0.2, 0.25) is 5.15 Å². The Balaban J connectivity index is 1.53. The molecular weight excluding hydrogens is 362 g/mol. The SMILES string of the molecule is CCCc1ccc(OCC(=O)N/N=C\c2cc3ccccc3nc2Cl)cc1. The third-order valence-electron chi connectivity index (χ3n) is 3.93. The molecule has 1 heterocycles. The van der Waals surface area contributed by atoms with Gasteiger partial charge in [-0.2, -0.15) is 5.10 Å². The van der Waals surface area contributed by atoms with E-state index in [1.54, 1.807) is 0 Å². The summed E-state index contributed by atoms with van der Waals surface area (Å²) in [6, 6.07) is 17.3. The van der Waals surface area contributed by atoms with Gasteiger partial charge in [0.05, 0.1) is 11.7 Å². The fraction of sp³-hybridized carbons (Fsp3) is 0.190.